The fraction of sp³-hybridized carbons (Fsp3) is 1.00. The second kappa shape index (κ2) is 20.9. The Morgan fingerprint density at radius 1 is 0.591 bits per heavy atom. The summed E-state index contributed by atoms with van der Waals surface area (Å²) in [5.74, 6) is 0. The van der Waals surface area contributed by atoms with Crippen LogP contribution in [0.25, 0.3) is 0 Å². The molecule has 22 heavy (non-hydrogen) atoms. The van der Waals surface area contributed by atoms with Gasteiger partial charge in [0.1, 0.15) is 0 Å². The van der Waals surface area contributed by atoms with Crippen molar-refractivity contribution in [1.82, 2.24) is 9.80 Å². The van der Waals surface area contributed by atoms with Gasteiger partial charge < -0.3 is 15.5 Å². The third-order valence-corrected chi connectivity index (χ3v) is 3.81. The van der Waals surface area contributed by atoms with Crippen LogP contribution in [0.4, 0.5) is 0 Å². The van der Waals surface area contributed by atoms with Crippen molar-refractivity contribution in [1.29, 1.82) is 0 Å². The van der Waals surface area contributed by atoms with Crippen molar-refractivity contribution in [2.45, 2.75) is 79.6 Å². The van der Waals surface area contributed by atoms with E-state index in [1.54, 1.807) is 0 Å². The molecule has 3 heteroatoms. The van der Waals surface area contributed by atoms with Gasteiger partial charge in [0.2, 0.25) is 0 Å². The topological polar surface area (TPSA) is 32.5 Å². The van der Waals surface area contributed by atoms with E-state index in [4.69, 9.17) is 5.73 Å². The molecule has 1 heterocycles. The maximum Gasteiger partial charge on any atom is 0.0110 e. The molecule has 0 aliphatic carbocycles. The molecule has 1 rings (SSSR count). The Bertz CT molecular complexity index is 154. The first-order chi connectivity index (χ1) is 10.7. The van der Waals surface area contributed by atoms with Crippen molar-refractivity contribution >= 4 is 0 Å². The van der Waals surface area contributed by atoms with Gasteiger partial charge in [-0.15, -0.1) is 0 Å². The molecule has 0 radical (unpaired) electrons. The molecule has 2 N–H and O–H groups in total. The van der Waals surface area contributed by atoms with Crippen molar-refractivity contribution in [2.24, 2.45) is 5.73 Å². The first-order valence-corrected chi connectivity index (χ1v) is 9.84. The summed E-state index contributed by atoms with van der Waals surface area (Å²) >= 11 is 0. The molecule has 0 aromatic carbocycles. The lowest BCUT2D eigenvalue weighted by atomic mass is 10.3. The van der Waals surface area contributed by atoms with Crippen molar-refractivity contribution in [2.75, 3.05) is 45.8 Å². The molecule has 0 unspecified atom stereocenters. The number of piperazine rings is 1. The van der Waals surface area contributed by atoms with Gasteiger partial charge in [-0.05, 0) is 38.9 Å². The largest absolute Gasteiger partial charge is 0.330 e. The molecule has 1 aliphatic rings. The molecular weight excluding hydrogens is 270 g/mol. The van der Waals surface area contributed by atoms with E-state index in [0.29, 0.717) is 0 Å². The maximum absolute atomic E-state index is 5.14. The predicted octanol–water partition coefficient (Wildman–Crippen LogP) is 4.37. The number of unbranched alkanes of at least 4 members (excludes halogenated alkanes) is 3. The lowest BCUT2D eigenvalue weighted by molar-refractivity contribution is 0.133. The van der Waals surface area contributed by atoms with Crippen LogP contribution in [0.1, 0.15) is 79.6 Å². The lowest BCUT2D eigenvalue weighted by Crippen LogP contribution is -2.46. The molecule has 0 aromatic rings. The van der Waals surface area contributed by atoms with Crippen LogP contribution in [0, 0.1) is 0 Å². The minimum absolute atomic E-state index is 0.844. The van der Waals surface area contributed by atoms with E-state index in [2.05, 4.69) is 44.4 Å². The smallest absolute Gasteiger partial charge is 0.0110 e. The Hall–Kier alpha value is -0.120. The molecule has 0 aromatic heterocycles. The Morgan fingerprint density at radius 2 is 0.955 bits per heavy atom. The summed E-state index contributed by atoms with van der Waals surface area (Å²) in [6, 6.07) is 0. The van der Waals surface area contributed by atoms with Crippen LogP contribution < -0.4 is 5.73 Å². The van der Waals surface area contributed by atoms with E-state index in [0.717, 1.165) is 6.54 Å². The maximum atomic E-state index is 5.14. The van der Waals surface area contributed by atoms with E-state index in [-0.39, 0.29) is 0 Å². The van der Waals surface area contributed by atoms with Gasteiger partial charge in [0.05, 0.1) is 0 Å². The van der Waals surface area contributed by atoms with E-state index in [9.17, 15) is 0 Å². The van der Waals surface area contributed by atoms with Crippen molar-refractivity contribution in [3.63, 3.8) is 0 Å². The van der Waals surface area contributed by atoms with Gasteiger partial charge in [0, 0.05) is 26.2 Å². The summed E-state index contributed by atoms with van der Waals surface area (Å²) in [6.07, 6.45) is 9.06. The Balaban J connectivity index is 0. The molecule has 0 spiro atoms. The van der Waals surface area contributed by atoms with Crippen LogP contribution in [-0.4, -0.2) is 55.6 Å². The zero-order valence-corrected chi connectivity index (χ0v) is 16.4. The van der Waals surface area contributed by atoms with E-state index < -0.39 is 0 Å². The van der Waals surface area contributed by atoms with Gasteiger partial charge in [0.15, 0.2) is 0 Å². The quantitative estimate of drug-likeness (QED) is 0.722. The van der Waals surface area contributed by atoms with Crippen molar-refractivity contribution in [3.8, 4) is 0 Å². The molecule has 0 bridgehead atoms. The van der Waals surface area contributed by atoms with Crippen LogP contribution in [0.5, 0.6) is 0 Å². The fourth-order valence-corrected chi connectivity index (χ4v) is 2.43. The lowest BCUT2D eigenvalue weighted by Gasteiger charge is -2.34. The molecule has 1 aliphatic heterocycles. The summed E-state index contributed by atoms with van der Waals surface area (Å²) < 4.78 is 0. The van der Waals surface area contributed by atoms with E-state index in [1.165, 1.54) is 84.2 Å². The van der Waals surface area contributed by atoms with Gasteiger partial charge in [-0.25, -0.2) is 0 Å². The number of hydrogen-bond acceptors (Lipinski definition) is 3. The van der Waals surface area contributed by atoms with Crippen LogP contribution in [0.15, 0.2) is 0 Å². The highest BCUT2D eigenvalue weighted by Crippen LogP contribution is 2.02. The summed E-state index contributed by atoms with van der Waals surface area (Å²) in [7, 11) is 0. The van der Waals surface area contributed by atoms with E-state index in [1.807, 2.05) is 0 Å². The van der Waals surface area contributed by atoms with Crippen LogP contribution in [0.3, 0.4) is 0 Å². The van der Waals surface area contributed by atoms with Crippen molar-refractivity contribution < 1.29 is 0 Å². The summed E-state index contributed by atoms with van der Waals surface area (Å²) in [6.45, 7) is 19.6. The minimum Gasteiger partial charge on any atom is -0.330 e. The molecule has 0 amide bonds. The number of rotatable bonds is 8. The Labute approximate surface area is 141 Å². The fourth-order valence-electron chi connectivity index (χ4n) is 2.43. The predicted molar refractivity (Wildman–Crippen MR) is 103 cm³/mol. The normalized spacial score (nSPS) is 15.5. The van der Waals surface area contributed by atoms with Gasteiger partial charge in [-0.1, -0.05) is 60.3 Å². The Morgan fingerprint density at radius 3 is 1.09 bits per heavy atom. The molecule has 1 saturated heterocycles. The molecule has 0 saturated carbocycles. The number of nitrogens with zero attached hydrogens (tertiary/aromatic N) is 2. The van der Waals surface area contributed by atoms with E-state index >= 15 is 0 Å². The first-order valence-electron chi connectivity index (χ1n) is 9.84. The molecule has 136 valence electrons. The van der Waals surface area contributed by atoms with Crippen LogP contribution in [0.2, 0.25) is 0 Å². The van der Waals surface area contributed by atoms with Gasteiger partial charge in [-0.2, -0.15) is 0 Å². The average molecular weight is 316 g/mol. The second-order valence-electron chi connectivity index (χ2n) is 6.18. The van der Waals surface area contributed by atoms with Gasteiger partial charge in [0.25, 0.3) is 0 Å². The first kappa shape index (κ1) is 24.1. The molecule has 3 nitrogen and oxygen atoms in total. The van der Waals surface area contributed by atoms with Crippen LogP contribution >= 0.6 is 0 Å². The van der Waals surface area contributed by atoms with Crippen molar-refractivity contribution in [3.05, 3.63) is 0 Å². The molecular formula is C19H45N3. The SMILES string of the molecule is CCCCC.CCCCN.CCCN1CCN(CCC)CC1. The highest BCUT2D eigenvalue weighted by Gasteiger charge is 2.14. The monoisotopic (exact) mass is 315 g/mol. The average Bonchev–Trinajstić information content (AvgIpc) is 2.53. The summed E-state index contributed by atoms with van der Waals surface area (Å²) in [5, 5.41) is 0. The molecule has 1 fully saturated rings. The third-order valence-electron chi connectivity index (χ3n) is 3.81. The minimum atomic E-state index is 0.844. The van der Waals surface area contributed by atoms with Crippen LogP contribution in [-0.2, 0) is 0 Å². The van der Waals surface area contributed by atoms with Gasteiger partial charge >= 0.3 is 0 Å². The second-order valence-corrected chi connectivity index (χ2v) is 6.18. The standard InChI is InChI=1S/C10H22N2.C5H12.C4H11N/c1-3-5-11-7-9-12(6-4-2)10-8-11;1-3-5-4-2;1-2-3-4-5/h3-10H2,1-2H3;3-5H2,1-2H3;2-5H2,1H3. The van der Waals surface area contributed by atoms with Gasteiger partial charge in [-0.3, -0.25) is 0 Å². The summed E-state index contributed by atoms with van der Waals surface area (Å²) in [4.78, 5) is 5.15. The number of hydrogen-bond donors (Lipinski definition) is 1. The molecule has 0 atom stereocenters. The number of nitrogens with two attached hydrogens (primary N) is 1. The zero-order chi connectivity index (χ0) is 17.1. The third kappa shape index (κ3) is 17.9. The summed E-state index contributed by atoms with van der Waals surface area (Å²) in [5.41, 5.74) is 5.14. The Kier molecular flexibility index (Phi) is 22.9. The highest BCUT2D eigenvalue weighted by molar-refractivity contribution is 4.70. The zero-order valence-electron chi connectivity index (χ0n) is 16.4. The highest BCUT2D eigenvalue weighted by atomic mass is 15.3.